The van der Waals surface area contributed by atoms with Gasteiger partial charge in [0.2, 0.25) is 5.91 Å². The van der Waals surface area contributed by atoms with Gasteiger partial charge in [0, 0.05) is 12.8 Å². The number of aliphatic hydroxyl groups excluding tert-OH is 4. The number of nitrogens with one attached hydrogen (secondary N) is 1. The van der Waals surface area contributed by atoms with Gasteiger partial charge in [0.25, 0.3) is 5.79 Å². The van der Waals surface area contributed by atoms with E-state index in [-0.39, 0.29) is 25.7 Å². The first-order valence-corrected chi connectivity index (χ1v) is 11.8. The Morgan fingerprint density at radius 1 is 1.08 bits per heavy atom. The van der Waals surface area contributed by atoms with E-state index in [1.54, 1.807) is 0 Å². The lowest BCUT2D eigenvalue weighted by molar-refractivity contribution is -0.412. The van der Waals surface area contributed by atoms with Crippen molar-refractivity contribution in [1.29, 1.82) is 0 Å². The lowest BCUT2D eigenvalue weighted by Crippen LogP contribution is -2.71. The summed E-state index contributed by atoms with van der Waals surface area (Å²) in [4.78, 5) is 35.0. The first kappa shape index (κ1) is 32.2. The topological polar surface area (TPSA) is 220 Å². The molecule has 1 rings (SSSR count). The zero-order valence-corrected chi connectivity index (χ0v) is 20.3. The lowest BCUT2D eigenvalue weighted by Gasteiger charge is -2.48. The summed E-state index contributed by atoms with van der Waals surface area (Å²) in [6.07, 6.45) is -8.32. The predicted molar refractivity (Wildman–Crippen MR) is 120 cm³/mol. The predicted octanol–water partition coefficient (Wildman–Crippen LogP) is -1.36. The second-order valence-corrected chi connectivity index (χ2v) is 9.37. The summed E-state index contributed by atoms with van der Waals surface area (Å²) in [5.74, 6) is -10.6. The van der Waals surface area contributed by atoms with Gasteiger partial charge in [-0.1, -0.05) is 26.2 Å². The fraction of sp³-hybridized carbons (Fsp3) is 0.864. The normalized spacial score (nSPS) is 29.3. The number of unbranched alkanes of at least 4 members (excludes halogenated alkanes) is 3. The molecule has 0 aromatic carbocycles. The number of ether oxygens (including phenoxy) is 1. The zero-order chi connectivity index (χ0) is 27.8. The molecule has 9 N–H and O–H groups in total. The van der Waals surface area contributed by atoms with Crippen LogP contribution in [0.2, 0.25) is 0 Å². The quantitative estimate of drug-likeness (QED) is 0.116. The molecular weight excluding hydrogens is 490 g/mol. The van der Waals surface area contributed by atoms with E-state index in [0.717, 1.165) is 0 Å². The van der Waals surface area contributed by atoms with E-state index in [2.05, 4.69) is 10.1 Å². The maximum absolute atomic E-state index is 14.7. The molecule has 1 aliphatic rings. The SMILES string of the molecule is C[C@H](CC(=O)[C@H](C)NC(=O)[C@@H](N)CCCCCCC(F)(F)[C@]1(O)O[C@H](CO)[C@H](O)[C@H](O)[C@H]1O)C(=O)O. The van der Waals surface area contributed by atoms with Crippen LogP contribution < -0.4 is 11.1 Å². The van der Waals surface area contributed by atoms with Crippen LogP contribution in [0.25, 0.3) is 0 Å². The molecule has 0 radical (unpaired) electrons. The third-order valence-electron chi connectivity index (χ3n) is 6.35. The molecule has 12 nitrogen and oxygen atoms in total. The summed E-state index contributed by atoms with van der Waals surface area (Å²) in [7, 11) is 0. The average molecular weight is 529 g/mol. The van der Waals surface area contributed by atoms with E-state index in [4.69, 9.17) is 15.9 Å². The largest absolute Gasteiger partial charge is 0.481 e. The third-order valence-corrected chi connectivity index (χ3v) is 6.35. The Bertz CT molecular complexity index is 756. The Labute approximate surface area is 207 Å². The van der Waals surface area contributed by atoms with Gasteiger partial charge in [-0.05, 0) is 19.8 Å². The molecule has 1 saturated heterocycles. The molecule has 1 heterocycles. The highest BCUT2D eigenvalue weighted by Gasteiger charge is 2.65. The first-order valence-electron chi connectivity index (χ1n) is 11.8. The number of carbonyl (C=O) groups is 3. The van der Waals surface area contributed by atoms with Crippen LogP contribution in [0.15, 0.2) is 0 Å². The molecule has 0 unspecified atom stereocenters. The number of ketones is 1. The number of Topliss-reactive ketones (excluding diaryl/α,β-unsaturated/α-hetero) is 1. The van der Waals surface area contributed by atoms with Gasteiger partial charge in [-0.25, -0.2) is 8.78 Å². The molecule has 1 fully saturated rings. The molecule has 8 atom stereocenters. The molecule has 1 amide bonds. The molecule has 0 bridgehead atoms. The van der Waals surface area contributed by atoms with Crippen LogP contribution in [-0.4, -0.2) is 103 Å². The second kappa shape index (κ2) is 13.7. The summed E-state index contributed by atoms with van der Waals surface area (Å²) < 4.78 is 34.0. The Morgan fingerprint density at radius 3 is 2.22 bits per heavy atom. The molecule has 210 valence electrons. The number of carboxylic acids is 1. The Balaban J connectivity index is 2.43. The van der Waals surface area contributed by atoms with Crippen molar-refractivity contribution in [2.45, 2.75) is 107 Å². The molecule has 0 aliphatic carbocycles. The highest BCUT2D eigenvalue weighted by atomic mass is 19.3. The second-order valence-electron chi connectivity index (χ2n) is 9.37. The fourth-order valence-corrected chi connectivity index (χ4v) is 3.80. The van der Waals surface area contributed by atoms with Crippen LogP contribution >= 0.6 is 0 Å². The van der Waals surface area contributed by atoms with Crippen LogP contribution in [0, 0.1) is 5.92 Å². The summed E-state index contributed by atoms with van der Waals surface area (Å²) >= 11 is 0. The Morgan fingerprint density at radius 2 is 1.67 bits per heavy atom. The minimum Gasteiger partial charge on any atom is -0.481 e. The van der Waals surface area contributed by atoms with Crippen molar-refractivity contribution in [2.24, 2.45) is 11.7 Å². The van der Waals surface area contributed by atoms with E-state index in [0.29, 0.717) is 12.8 Å². The molecule has 0 spiro atoms. The minimum atomic E-state index is -4.02. The molecular formula is C22H38F2N2O10. The number of alkyl halides is 2. The van der Waals surface area contributed by atoms with Gasteiger partial charge in [0.1, 0.15) is 24.4 Å². The zero-order valence-electron chi connectivity index (χ0n) is 20.3. The molecule has 14 heteroatoms. The van der Waals surface area contributed by atoms with E-state index < -0.39 is 84.8 Å². The van der Waals surface area contributed by atoms with Gasteiger partial charge in [-0.3, -0.25) is 14.4 Å². The highest BCUT2D eigenvalue weighted by Crippen LogP contribution is 2.42. The summed E-state index contributed by atoms with van der Waals surface area (Å²) in [5, 5.41) is 60.0. The Kier molecular flexibility index (Phi) is 12.2. The molecule has 1 aliphatic heterocycles. The van der Waals surface area contributed by atoms with Crippen molar-refractivity contribution < 1.29 is 58.5 Å². The molecule has 0 saturated carbocycles. The summed E-state index contributed by atoms with van der Waals surface area (Å²) in [6, 6.07) is -1.88. The van der Waals surface area contributed by atoms with Gasteiger partial charge < -0.3 is 46.4 Å². The van der Waals surface area contributed by atoms with Gasteiger partial charge in [-0.15, -0.1) is 0 Å². The maximum Gasteiger partial charge on any atom is 0.306 e. The van der Waals surface area contributed by atoms with Gasteiger partial charge in [0.05, 0.1) is 24.6 Å². The maximum atomic E-state index is 14.7. The van der Waals surface area contributed by atoms with E-state index >= 15 is 0 Å². The van der Waals surface area contributed by atoms with Crippen LogP contribution in [-0.2, 0) is 19.1 Å². The third kappa shape index (κ3) is 8.10. The highest BCUT2D eigenvalue weighted by molar-refractivity contribution is 5.92. The number of carbonyl (C=O) groups excluding carboxylic acids is 2. The lowest BCUT2D eigenvalue weighted by atomic mass is 9.87. The number of hydrogen-bond donors (Lipinski definition) is 8. The van der Waals surface area contributed by atoms with E-state index in [1.165, 1.54) is 13.8 Å². The van der Waals surface area contributed by atoms with Crippen LogP contribution in [0.1, 0.15) is 58.8 Å². The Hall–Kier alpha value is -1.81. The van der Waals surface area contributed by atoms with Crippen molar-refractivity contribution >= 4 is 17.7 Å². The van der Waals surface area contributed by atoms with Crippen molar-refractivity contribution in [3.8, 4) is 0 Å². The summed E-state index contributed by atoms with van der Waals surface area (Å²) in [6.45, 7) is 1.83. The average Bonchev–Trinajstić information content (AvgIpc) is 2.81. The van der Waals surface area contributed by atoms with Crippen molar-refractivity contribution in [3.05, 3.63) is 0 Å². The van der Waals surface area contributed by atoms with Crippen LogP contribution in [0.5, 0.6) is 0 Å². The van der Waals surface area contributed by atoms with Crippen molar-refractivity contribution in [3.63, 3.8) is 0 Å². The smallest absolute Gasteiger partial charge is 0.306 e. The molecule has 0 aromatic rings. The summed E-state index contributed by atoms with van der Waals surface area (Å²) in [5.41, 5.74) is 5.80. The van der Waals surface area contributed by atoms with Crippen molar-refractivity contribution in [1.82, 2.24) is 5.32 Å². The number of halogens is 2. The number of carboxylic acid groups (broad SMARTS) is 1. The van der Waals surface area contributed by atoms with Crippen LogP contribution in [0.4, 0.5) is 8.78 Å². The monoisotopic (exact) mass is 528 g/mol. The van der Waals surface area contributed by atoms with Gasteiger partial charge in [-0.2, -0.15) is 0 Å². The molecule has 36 heavy (non-hydrogen) atoms. The van der Waals surface area contributed by atoms with Crippen LogP contribution in [0.3, 0.4) is 0 Å². The standard InChI is InChI=1S/C22H38F2N2O10/c1-11(20(33)34)9-14(28)12(2)26-19(32)13(25)7-5-3-4-6-8-21(23,24)22(35)18(31)17(30)16(29)15(10-27)36-22/h11-13,15-18,27,29-31,35H,3-10,25H2,1-2H3,(H,26,32)(H,33,34)/t11-,12+,13+,15-,16+,17+,18-,22-/m1/s1. The number of rotatable bonds is 15. The number of aliphatic hydroxyl groups is 5. The molecule has 0 aromatic heterocycles. The first-order chi connectivity index (χ1) is 16.6. The fourth-order valence-electron chi connectivity index (χ4n) is 3.80. The number of nitrogens with two attached hydrogens (primary N) is 1. The van der Waals surface area contributed by atoms with Gasteiger partial charge >= 0.3 is 11.9 Å². The van der Waals surface area contributed by atoms with E-state index in [1.807, 2.05) is 0 Å². The number of aliphatic carboxylic acids is 1. The van der Waals surface area contributed by atoms with E-state index in [9.17, 15) is 43.6 Å². The van der Waals surface area contributed by atoms with Gasteiger partial charge in [0.15, 0.2) is 5.78 Å². The number of hydrogen-bond acceptors (Lipinski definition) is 10. The minimum absolute atomic E-state index is 0.122. The number of amides is 1. The van der Waals surface area contributed by atoms with Crippen molar-refractivity contribution in [2.75, 3.05) is 6.61 Å².